The van der Waals surface area contributed by atoms with Crippen LogP contribution >= 0.6 is 0 Å². The van der Waals surface area contributed by atoms with Crippen molar-refractivity contribution in [1.82, 2.24) is 0 Å². The molecule has 0 unspecified atom stereocenters. The fraction of sp³-hybridized carbons (Fsp3) is 0.529. The van der Waals surface area contributed by atoms with Gasteiger partial charge in [-0.05, 0) is 44.9 Å². The number of anilines is 1. The molecule has 0 saturated heterocycles. The summed E-state index contributed by atoms with van der Waals surface area (Å²) in [4.78, 5) is 12.2. The lowest BCUT2D eigenvalue weighted by Gasteiger charge is -2.23. The summed E-state index contributed by atoms with van der Waals surface area (Å²) in [6.45, 7) is 10.3. The molecule has 0 aliphatic rings. The van der Waals surface area contributed by atoms with Crippen LogP contribution < -0.4 is 10.1 Å². The first kappa shape index (κ1) is 18.0. The van der Waals surface area contributed by atoms with Crippen molar-refractivity contribution in [2.24, 2.45) is 5.92 Å². The Morgan fingerprint density at radius 2 is 2.09 bits per heavy atom. The molecular weight excluding hydrogens is 280 g/mol. The summed E-state index contributed by atoms with van der Waals surface area (Å²) in [5, 5.41) is 12.0. The number of carbonyl (C=O) groups excluding carboxylic acids is 1. The number of ether oxygens (including phenoxy) is 2. The van der Waals surface area contributed by atoms with Gasteiger partial charge in [0.1, 0.15) is 17.4 Å². The van der Waals surface area contributed by atoms with Gasteiger partial charge in [0.2, 0.25) is 0 Å². The van der Waals surface area contributed by atoms with Crippen LogP contribution in [0.5, 0.6) is 5.75 Å². The largest absolute Gasteiger partial charge is 0.492 e. The Morgan fingerprint density at radius 1 is 1.41 bits per heavy atom. The smallest absolute Gasteiger partial charge is 0.256 e. The minimum atomic E-state index is -0.922. The molecule has 0 atom stereocenters. The summed E-state index contributed by atoms with van der Waals surface area (Å²) < 4.78 is 11.0. The van der Waals surface area contributed by atoms with Crippen LogP contribution in [0.2, 0.25) is 0 Å². The lowest BCUT2D eigenvalue weighted by molar-refractivity contribution is -0.136. The van der Waals surface area contributed by atoms with Crippen LogP contribution in [0.15, 0.2) is 18.2 Å². The summed E-state index contributed by atoms with van der Waals surface area (Å²) >= 11 is 0. The number of nitrogens with one attached hydrogen (secondary N) is 1. The molecule has 0 spiro atoms. The maximum Gasteiger partial charge on any atom is 0.256 e. The second-order valence-corrected chi connectivity index (χ2v) is 5.93. The van der Waals surface area contributed by atoms with Gasteiger partial charge in [0.15, 0.2) is 0 Å². The van der Waals surface area contributed by atoms with Gasteiger partial charge in [0.05, 0.1) is 12.2 Å². The van der Waals surface area contributed by atoms with Crippen LogP contribution in [0.4, 0.5) is 5.69 Å². The zero-order chi connectivity index (χ0) is 16.8. The Hall–Kier alpha value is -2.06. The van der Waals surface area contributed by atoms with Crippen LogP contribution in [-0.4, -0.2) is 24.7 Å². The second kappa shape index (κ2) is 7.81. The summed E-state index contributed by atoms with van der Waals surface area (Å²) in [5.41, 5.74) is 0.0212. The molecule has 22 heavy (non-hydrogen) atoms. The Bertz CT molecular complexity index is 560. The molecule has 1 N–H and O–H groups in total. The van der Waals surface area contributed by atoms with Crippen molar-refractivity contribution in [2.75, 3.05) is 18.5 Å². The number of nitrogens with zero attached hydrogens (tertiary/aromatic N) is 1. The van der Waals surface area contributed by atoms with Gasteiger partial charge in [0.25, 0.3) is 5.91 Å². The standard InChI is InChI=1S/C17H24N2O3/c1-6-22-17(4,5)16(20)19-14-7-8-15(13(9-14)10-18)21-11-12(2)3/h7-9,12H,6,11H2,1-5H3,(H,19,20). The van der Waals surface area contributed by atoms with Gasteiger partial charge in [-0.25, -0.2) is 0 Å². The predicted molar refractivity (Wildman–Crippen MR) is 85.8 cm³/mol. The predicted octanol–water partition coefficient (Wildman–Crippen LogP) is 3.35. The summed E-state index contributed by atoms with van der Waals surface area (Å²) in [5.74, 6) is 0.644. The van der Waals surface area contributed by atoms with E-state index in [1.165, 1.54) is 0 Å². The lowest BCUT2D eigenvalue weighted by atomic mass is 10.1. The van der Waals surface area contributed by atoms with Crippen LogP contribution in [0.25, 0.3) is 0 Å². The van der Waals surface area contributed by atoms with E-state index >= 15 is 0 Å². The van der Waals surface area contributed by atoms with E-state index in [1.807, 2.05) is 20.8 Å². The van der Waals surface area contributed by atoms with Crippen molar-refractivity contribution < 1.29 is 14.3 Å². The number of benzene rings is 1. The van der Waals surface area contributed by atoms with Crippen molar-refractivity contribution in [3.8, 4) is 11.8 Å². The van der Waals surface area contributed by atoms with E-state index in [1.54, 1.807) is 32.0 Å². The fourth-order valence-corrected chi connectivity index (χ4v) is 1.79. The van der Waals surface area contributed by atoms with Gasteiger partial charge in [-0.15, -0.1) is 0 Å². The Morgan fingerprint density at radius 3 is 2.64 bits per heavy atom. The monoisotopic (exact) mass is 304 g/mol. The number of nitriles is 1. The van der Waals surface area contributed by atoms with E-state index in [0.717, 1.165) is 0 Å². The highest BCUT2D eigenvalue weighted by Crippen LogP contribution is 2.23. The molecule has 1 aromatic carbocycles. The van der Waals surface area contributed by atoms with Gasteiger partial charge in [-0.1, -0.05) is 13.8 Å². The highest BCUT2D eigenvalue weighted by Gasteiger charge is 2.28. The molecule has 0 aliphatic heterocycles. The van der Waals surface area contributed by atoms with E-state index in [-0.39, 0.29) is 5.91 Å². The maximum atomic E-state index is 12.2. The fourth-order valence-electron chi connectivity index (χ4n) is 1.79. The molecule has 0 heterocycles. The van der Waals surface area contributed by atoms with Crippen molar-refractivity contribution in [1.29, 1.82) is 5.26 Å². The normalized spacial score (nSPS) is 11.1. The quantitative estimate of drug-likeness (QED) is 0.838. The summed E-state index contributed by atoms with van der Waals surface area (Å²) in [7, 11) is 0. The average Bonchev–Trinajstić information content (AvgIpc) is 2.45. The lowest BCUT2D eigenvalue weighted by Crippen LogP contribution is -2.39. The van der Waals surface area contributed by atoms with Gasteiger partial charge < -0.3 is 14.8 Å². The Kier molecular flexibility index (Phi) is 6.39. The number of hydrogen-bond acceptors (Lipinski definition) is 4. The van der Waals surface area contributed by atoms with Crippen LogP contribution in [-0.2, 0) is 9.53 Å². The molecule has 5 heteroatoms. The van der Waals surface area contributed by atoms with Crippen molar-refractivity contribution >= 4 is 11.6 Å². The maximum absolute atomic E-state index is 12.2. The minimum absolute atomic E-state index is 0.255. The SMILES string of the molecule is CCOC(C)(C)C(=O)Nc1ccc(OCC(C)C)c(C#N)c1. The van der Waals surface area contributed by atoms with Gasteiger partial charge >= 0.3 is 0 Å². The molecule has 0 fully saturated rings. The third-order valence-electron chi connectivity index (χ3n) is 2.98. The zero-order valence-corrected chi connectivity index (χ0v) is 13.9. The number of hydrogen-bond donors (Lipinski definition) is 1. The highest BCUT2D eigenvalue weighted by molar-refractivity contribution is 5.96. The minimum Gasteiger partial charge on any atom is -0.492 e. The van der Waals surface area contributed by atoms with Crippen molar-refractivity contribution in [3.05, 3.63) is 23.8 Å². The number of amides is 1. The van der Waals surface area contributed by atoms with Crippen molar-refractivity contribution in [2.45, 2.75) is 40.2 Å². The van der Waals surface area contributed by atoms with Crippen LogP contribution in [0.3, 0.4) is 0 Å². The molecule has 0 aromatic heterocycles. The third kappa shape index (κ3) is 5.05. The van der Waals surface area contributed by atoms with Crippen molar-refractivity contribution in [3.63, 3.8) is 0 Å². The first-order valence-corrected chi connectivity index (χ1v) is 7.42. The van der Waals surface area contributed by atoms with Gasteiger partial charge in [-0.3, -0.25) is 4.79 Å². The van der Waals surface area contributed by atoms with E-state index in [4.69, 9.17) is 9.47 Å². The molecular formula is C17H24N2O3. The number of rotatable bonds is 7. The van der Waals surface area contributed by atoms with E-state index in [9.17, 15) is 10.1 Å². The molecule has 0 saturated carbocycles. The highest BCUT2D eigenvalue weighted by atomic mass is 16.5. The van der Waals surface area contributed by atoms with Crippen LogP contribution in [0.1, 0.15) is 40.2 Å². The summed E-state index contributed by atoms with van der Waals surface area (Å²) in [6.07, 6.45) is 0. The molecule has 1 amide bonds. The van der Waals surface area contributed by atoms with E-state index < -0.39 is 5.60 Å². The van der Waals surface area contributed by atoms with E-state index in [2.05, 4.69) is 11.4 Å². The first-order chi connectivity index (χ1) is 10.3. The molecule has 0 bridgehead atoms. The van der Waals surface area contributed by atoms with E-state index in [0.29, 0.717) is 36.1 Å². The van der Waals surface area contributed by atoms with Crippen LogP contribution in [0, 0.1) is 17.2 Å². The molecule has 1 rings (SSSR count). The molecule has 0 aliphatic carbocycles. The second-order valence-electron chi connectivity index (χ2n) is 5.93. The first-order valence-electron chi connectivity index (χ1n) is 7.42. The topological polar surface area (TPSA) is 71.3 Å². The average molecular weight is 304 g/mol. The van der Waals surface area contributed by atoms with Gasteiger partial charge in [-0.2, -0.15) is 5.26 Å². The Labute approximate surface area is 132 Å². The summed E-state index contributed by atoms with van der Waals surface area (Å²) in [6, 6.07) is 7.11. The molecule has 120 valence electrons. The zero-order valence-electron chi connectivity index (χ0n) is 13.9. The Balaban J connectivity index is 2.86. The number of carbonyl (C=O) groups is 1. The molecule has 5 nitrogen and oxygen atoms in total. The molecule has 0 radical (unpaired) electrons. The molecule has 1 aromatic rings. The third-order valence-corrected chi connectivity index (χ3v) is 2.98. The van der Waals surface area contributed by atoms with Gasteiger partial charge in [0, 0.05) is 12.3 Å².